The highest BCUT2D eigenvalue weighted by Crippen LogP contribution is 2.41. The molecule has 1 atom stereocenters. The van der Waals surface area contributed by atoms with E-state index in [-0.39, 0.29) is 29.6 Å². The Kier molecular flexibility index (Phi) is 3.77. The van der Waals surface area contributed by atoms with Crippen LogP contribution in [0.3, 0.4) is 0 Å². The number of carbonyl (C=O) groups is 2. The van der Waals surface area contributed by atoms with Gasteiger partial charge in [0.2, 0.25) is 0 Å². The number of benzene rings is 1. The zero-order valence-corrected chi connectivity index (χ0v) is 13.0. The van der Waals surface area contributed by atoms with Crippen molar-refractivity contribution in [2.45, 2.75) is 31.5 Å². The Morgan fingerprint density at radius 1 is 1.28 bits per heavy atom. The fourth-order valence-corrected chi connectivity index (χ4v) is 3.38. The summed E-state index contributed by atoms with van der Waals surface area (Å²) in [4.78, 5) is 26.4. The molecule has 1 aliphatic heterocycles. The second-order valence-electron chi connectivity index (χ2n) is 6.22. The van der Waals surface area contributed by atoms with Gasteiger partial charge in [-0.25, -0.2) is 4.39 Å². The van der Waals surface area contributed by atoms with E-state index in [0.717, 1.165) is 12.1 Å². The predicted molar refractivity (Wildman–Crippen MR) is 76.9 cm³/mol. The number of amides is 1. The maximum Gasteiger partial charge on any atom is 0.471 e. The number of hydrogen-bond donors (Lipinski definition) is 1. The molecule has 9 heteroatoms. The van der Waals surface area contributed by atoms with E-state index in [1.165, 1.54) is 13.0 Å². The third kappa shape index (κ3) is 2.73. The third-order valence-electron chi connectivity index (χ3n) is 4.63. The molecule has 1 aromatic heterocycles. The summed E-state index contributed by atoms with van der Waals surface area (Å²) in [5.74, 6) is -4.38. The Bertz CT molecular complexity index is 874. The van der Waals surface area contributed by atoms with E-state index in [1.807, 2.05) is 0 Å². The molecule has 5 nitrogen and oxygen atoms in total. The van der Waals surface area contributed by atoms with Crippen molar-refractivity contribution in [3.63, 3.8) is 0 Å². The van der Waals surface area contributed by atoms with Crippen LogP contribution in [0.5, 0.6) is 0 Å². The van der Waals surface area contributed by atoms with Crippen molar-refractivity contribution in [2.75, 3.05) is 6.54 Å². The Morgan fingerprint density at radius 2 is 1.96 bits per heavy atom. The van der Waals surface area contributed by atoms with E-state index in [4.69, 9.17) is 0 Å². The summed E-state index contributed by atoms with van der Waals surface area (Å²) in [7, 11) is 0. The first-order valence-electron chi connectivity index (χ1n) is 7.47. The lowest BCUT2D eigenvalue weighted by atomic mass is 9.94. The number of rotatable bonds is 2. The van der Waals surface area contributed by atoms with Crippen LogP contribution in [0.1, 0.15) is 35.8 Å². The van der Waals surface area contributed by atoms with E-state index in [0.29, 0.717) is 11.3 Å². The number of fused-ring (bicyclic) bond motifs is 1. The van der Waals surface area contributed by atoms with Crippen molar-refractivity contribution >= 4 is 22.8 Å². The van der Waals surface area contributed by atoms with E-state index >= 15 is 0 Å². The molecule has 1 aliphatic rings. The number of halogens is 4. The molecule has 0 spiro atoms. The molecule has 1 saturated heterocycles. The van der Waals surface area contributed by atoms with Gasteiger partial charge in [0.05, 0.1) is 11.5 Å². The number of alkyl halides is 3. The van der Waals surface area contributed by atoms with Gasteiger partial charge in [-0.15, -0.1) is 0 Å². The molecule has 0 saturated carbocycles. The molecular formula is C16H13F4N2O3-. The van der Waals surface area contributed by atoms with Gasteiger partial charge >= 0.3 is 12.1 Å². The van der Waals surface area contributed by atoms with Crippen LogP contribution in [0, 0.1) is 5.82 Å². The summed E-state index contributed by atoms with van der Waals surface area (Å²) in [6.07, 6.45) is -4.40. The first-order chi connectivity index (χ1) is 11.5. The first kappa shape index (κ1) is 17.2. The van der Waals surface area contributed by atoms with Gasteiger partial charge in [0.25, 0.3) is 0 Å². The van der Waals surface area contributed by atoms with E-state index < -0.39 is 35.0 Å². The molecule has 0 radical (unpaired) electrons. The zero-order chi connectivity index (χ0) is 18.6. The summed E-state index contributed by atoms with van der Waals surface area (Å²) in [5, 5.41) is 11.3. The van der Waals surface area contributed by atoms with Crippen molar-refractivity contribution in [3.05, 3.63) is 35.3 Å². The molecule has 2 aromatic rings. The number of nitrogens with one attached hydrogen (secondary N) is 1. The Labute approximate surface area is 139 Å². The monoisotopic (exact) mass is 357 g/mol. The van der Waals surface area contributed by atoms with Crippen molar-refractivity contribution in [3.8, 4) is 0 Å². The minimum atomic E-state index is -5.01. The molecule has 134 valence electrons. The second kappa shape index (κ2) is 5.47. The minimum absolute atomic E-state index is 0.0775. The SMILES string of the molecule is CC1(c2cc3c(C(=O)[O-])cc(F)cc3[nH]2)CCCN1C(=O)C(F)(F)F. The van der Waals surface area contributed by atoms with Crippen molar-refractivity contribution < 1.29 is 32.3 Å². The molecule has 0 aliphatic carbocycles. The summed E-state index contributed by atoms with van der Waals surface area (Å²) in [6, 6.07) is 3.16. The summed E-state index contributed by atoms with van der Waals surface area (Å²) < 4.78 is 52.1. The zero-order valence-electron chi connectivity index (χ0n) is 13.0. The number of aromatic carboxylic acids is 1. The lowest BCUT2D eigenvalue weighted by Crippen LogP contribution is -2.48. The van der Waals surface area contributed by atoms with E-state index in [1.54, 1.807) is 0 Å². The standard InChI is InChI=1S/C16H14F4N2O3/c1-15(3-2-4-22(15)14(25)16(18,19)20)12-7-9-10(13(23)24)5-8(17)6-11(9)21-12/h5-7,21H,2-4H2,1H3,(H,23,24)/p-1. The smallest absolute Gasteiger partial charge is 0.471 e. The van der Waals surface area contributed by atoms with Gasteiger partial charge < -0.3 is 19.8 Å². The number of nitrogens with zero attached hydrogens (tertiary/aromatic N) is 1. The van der Waals surface area contributed by atoms with Crippen LogP contribution in [0.15, 0.2) is 18.2 Å². The maximum atomic E-state index is 13.6. The van der Waals surface area contributed by atoms with Crippen LogP contribution in [0.25, 0.3) is 10.9 Å². The van der Waals surface area contributed by atoms with E-state index in [2.05, 4.69) is 4.98 Å². The minimum Gasteiger partial charge on any atom is -0.545 e. The maximum absolute atomic E-state index is 13.6. The number of carbonyl (C=O) groups excluding carboxylic acids is 2. The van der Waals surface area contributed by atoms with Gasteiger partial charge in [-0.2, -0.15) is 13.2 Å². The first-order valence-corrected chi connectivity index (χ1v) is 7.47. The molecule has 1 N–H and O–H groups in total. The van der Waals surface area contributed by atoms with Gasteiger partial charge in [-0.05, 0) is 38.0 Å². The molecule has 0 bridgehead atoms. The fraction of sp³-hybridized carbons (Fsp3) is 0.375. The molecule has 2 heterocycles. The number of hydrogen-bond acceptors (Lipinski definition) is 3. The quantitative estimate of drug-likeness (QED) is 0.836. The number of carboxylic acid groups (broad SMARTS) is 1. The molecule has 1 unspecified atom stereocenters. The Morgan fingerprint density at radius 3 is 2.56 bits per heavy atom. The van der Waals surface area contributed by atoms with Gasteiger partial charge in [0.1, 0.15) is 5.82 Å². The van der Waals surface area contributed by atoms with Gasteiger partial charge in [0.15, 0.2) is 0 Å². The van der Waals surface area contributed by atoms with Gasteiger partial charge in [-0.1, -0.05) is 0 Å². The highest BCUT2D eigenvalue weighted by molar-refractivity contribution is 6.02. The summed E-state index contributed by atoms with van der Waals surface area (Å²) >= 11 is 0. The van der Waals surface area contributed by atoms with Crippen LogP contribution in [0.4, 0.5) is 17.6 Å². The lowest BCUT2D eigenvalue weighted by molar-refractivity contribution is -0.254. The van der Waals surface area contributed by atoms with Gasteiger partial charge in [-0.3, -0.25) is 4.79 Å². The number of likely N-dealkylation sites (tertiary alicyclic amines) is 1. The van der Waals surface area contributed by atoms with E-state index in [9.17, 15) is 32.3 Å². The highest BCUT2D eigenvalue weighted by Gasteiger charge is 2.51. The second-order valence-corrected chi connectivity index (χ2v) is 6.22. The number of aromatic nitrogens is 1. The third-order valence-corrected chi connectivity index (χ3v) is 4.63. The molecule has 3 rings (SSSR count). The molecular weight excluding hydrogens is 344 g/mol. The number of aromatic amines is 1. The lowest BCUT2D eigenvalue weighted by Gasteiger charge is -2.35. The molecule has 1 aromatic carbocycles. The Balaban J connectivity index is 2.13. The normalized spacial score (nSPS) is 21.1. The fourth-order valence-electron chi connectivity index (χ4n) is 3.38. The summed E-state index contributed by atoms with van der Waals surface area (Å²) in [6.45, 7) is 1.38. The van der Waals surface area contributed by atoms with Crippen LogP contribution in [-0.2, 0) is 10.3 Å². The highest BCUT2D eigenvalue weighted by atomic mass is 19.4. The average molecular weight is 357 g/mol. The van der Waals surface area contributed by atoms with Crippen LogP contribution in [-0.4, -0.2) is 34.5 Å². The van der Waals surface area contributed by atoms with Crippen molar-refractivity contribution in [1.82, 2.24) is 9.88 Å². The molecule has 1 fully saturated rings. The number of carboxylic acids is 1. The molecule has 1 amide bonds. The predicted octanol–water partition coefficient (Wildman–Crippen LogP) is 2.07. The Hall–Kier alpha value is -2.58. The van der Waals surface area contributed by atoms with Crippen LogP contribution in [0.2, 0.25) is 0 Å². The largest absolute Gasteiger partial charge is 0.545 e. The number of H-pyrrole nitrogens is 1. The van der Waals surface area contributed by atoms with Crippen LogP contribution >= 0.6 is 0 Å². The van der Waals surface area contributed by atoms with Crippen molar-refractivity contribution in [1.29, 1.82) is 0 Å². The van der Waals surface area contributed by atoms with Crippen LogP contribution < -0.4 is 5.11 Å². The molecule has 25 heavy (non-hydrogen) atoms. The topological polar surface area (TPSA) is 76.2 Å². The summed E-state index contributed by atoms with van der Waals surface area (Å²) in [5.41, 5.74) is -1.38. The van der Waals surface area contributed by atoms with Gasteiger partial charge in [0, 0.05) is 28.7 Å². The average Bonchev–Trinajstić information content (AvgIpc) is 3.08. The van der Waals surface area contributed by atoms with Crippen molar-refractivity contribution in [2.24, 2.45) is 0 Å².